The molecule has 1 fully saturated rings. The number of hydrogen-bond donors (Lipinski definition) is 1. The van der Waals surface area contributed by atoms with E-state index < -0.39 is 0 Å². The second-order valence-electron chi connectivity index (χ2n) is 3.15. The maximum atomic E-state index is 5.22. The molecule has 0 aliphatic carbocycles. The first-order valence-electron chi connectivity index (χ1n) is 4.64. The van der Waals surface area contributed by atoms with E-state index in [0.29, 0.717) is 0 Å². The summed E-state index contributed by atoms with van der Waals surface area (Å²) < 4.78 is 0. The molecule has 4 nitrogen and oxygen atoms in total. The first-order valence-corrected chi connectivity index (χ1v) is 4.64. The van der Waals surface area contributed by atoms with Crippen molar-refractivity contribution in [2.45, 2.75) is 0 Å². The minimum Gasteiger partial charge on any atom is -0.338 e. The van der Waals surface area contributed by atoms with Crippen molar-refractivity contribution in [2.75, 3.05) is 31.1 Å². The lowest BCUT2D eigenvalue weighted by molar-refractivity contribution is 0.580. The van der Waals surface area contributed by atoms with Gasteiger partial charge in [0.25, 0.3) is 0 Å². The highest BCUT2D eigenvalue weighted by Gasteiger charge is 2.11. The standard InChI is InChI=1S/C10H12N4/c1-2-9-7-12-10(13-8-9)14-5-3-11-4-6-14/h1,7-8,11H,3-6H2. The molecule has 4 heteroatoms. The van der Waals surface area contributed by atoms with Crippen LogP contribution in [0.1, 0.15) is 5.56 Å². The highest BCUT2D eigenvalue weighted by molar-refractivity contribution is 5.34. The van der Waals surface area contributed by atoms with Gasteiger partial charge in [0.05, 0.1) is 5.56 Å². The lowest BCUT2D eigenvalue weighted by Crippen LogP contribution is -2.44. The lowest BCUT2D eigenvalue weighted by Gasteiger charge is -2.27. The minimum atomic E-state index is 0.726. The van der Waals surface area contributed by atoms with Crippen LogP contribution in [0.25, 0.3) is 0 Å². The number of rotatable bonds is 1. The topological polar surface area (TPSA) is 41.1 Å². The molecular formula is C10H12N4. The van der Waals surface area contributed by atoms with Crippen molar-refractivity contribution in [3.05, 3.63) is 18.0 Å². The van der Waals surface area contributed by atoms with Crippen molar-refractivity contribution in [3.63, 3.8) is 0 Å². The largest absolute Gasteiger partial charge is 0.338 e. The van der Waals surface area contributed by atoms with Crippen LogP contribution in [0.4, 0.5) is 5.95 Å². The molecule has 0 saturated carbocycles. The molecule has 1 aromatic rings. The van der Waals surface area contributed by atoms with Gasteiger partial charge in [-0.15, -0.1) is 6.42 Å². The Morgan fingerprint density at radius 3 is 2.50 bits per heavy atom. The van der Waals surface area contributed by atoms with E-state index >= 15 is 0 Å². The Kier molecular flexibility index (Phi) is 2.61. The molecule has 0 spiro atoms. The van der Waals surface area contributed by atoms with Gasteiger partial charge in [0.2, 0.25) is 5.95 Å². The first-order chi connectivity index (χ1) is 6.90. The van der Waals surface area contributed by atoms with Gasteiger partial charge >= 0.3 is 0 Å². The van der Waals surface area contributed by atoms with Crippen LogP contribution in [0.2, 0.25) is 0 Å². The Labute approximate surface area is 83.4 Å². The summed E-state index contributed by atoms with van der Waals surface area (Å²) in [5, 5.41) is 3.28. The fourth-order valence-electron chi connectivity index (χ4n) is 1.42. The molecule has 0 atom stereocenters. The number of nitrogens with zero attached hydrogens (tertiary/aromatic N) is 3. The SMILES string of the molecule is C#Cc1cnc(N2CCNCC2)nc1. The van der Waals surface area contributed by atoms with Gasteiger partial charge in [-0.3, -0.25) is 0 Å². The van der Waals surface area contributed by atoms with Crippen molar-refractivity contribution in [2.24, 2.45) is 0 Å². The van der Waals surface area contributed by atoms with E-state index in [9.17, 15) is 0 Å². The summed E-state index contributed by atoms with van der Waals surface area (Å²) in [5.74, 6) is 3.27. The van der Waals surface area contributed by atoms with E-state index in [4.69, 9.17) is 6.42 Å². The van der Waals surface area contributed by atoms with Gasteiger partial charge in [0, 0.05) is 38.6 Å². The van der Waals surface area contributed by atoms with Crippen molar-refractivity contribution < 1.29 is 0 Å². The van der Waals surface area contributed by atoms with Crippen LogP contribution in [0.15, 0.2) is 12.4 Å². The number of anilines is 1. The van der Waals surface area contributed by atoms with Gasteiger partial charge < -0.3 is 10.2 Å². The molecule has 0 amide bonds. The summed E-state index contributed by atoms with van der Waals surface area (Å²) in [7, 11) is 0. The molecule has 14 heavy (non-hydrogen) atoms. The zero-order chi connectivity index (χ0) is 9.80. The highest BCUT2D eigenvalue weighted by atomic mass is 15.3. The van der Waals surface area contributed by atoms with Crippen LogP contribution >= 0.6 is 0 Å². The number of nitrogens with one attached hydrogen (secondary N) is 1. The highest BCUT2D eigenvalue weighted by Crippen LogP contribution is 2.06. The van der Waals surface area contributed by atoms with Gasteiger partial charge in [-0.05, 0) is 0 Å². The van der Waals surface area contributed by atoms with Gasteiger partial charge in [-0.2, -0.15) is 0 Å². The first kappa shape index (κ1) is 8.97. The summed E-state index contributed by atoms with van der Waals surface area (Å²) in [6.07, 6.45) is 8.59. The predicted molar refractivity (Wildman–Crippen MR) is 55.0 cm³/mol. The van der Waals surface area contributed by atoms with Crippen molar-refractivity contribution in [3.8, 4) is 12.3 Å². The van der Waals surface area contributed by atoms with E-state index in [0.717, 1.165) is 37.7 Å². The van der Waals surface area contributed by atoms with Crippen LogP contribution in [0.3, 0.4) is 0 Å². The molecule has 1 aliphatic heterocycles. The molecule has 2 rings (SSSR count). The monoisotopic (exact) mass is 188 g/mol. The van der Waals surface area contributed by atoms with Gasteiger partial charge in [0.15, 0.2) is 0 Å². The summed E-state index contributed by atoms with van der Waals surface area (Å²) in [4.78, 5) is 10.6. The van der Waals surface area contributed by atoms with Crippen LogP contribution in [0.5, 0.6) is 0 Å². The molecule has 0 radical (unpaired) electrons. The average molecular weight is 188 g/mol. The third-order valence-corrected chi connectivity index (χ3v) is 2.20. The fraction of sp³-hybridized carbons (Fsp3) is 0.400. The van der Waals surface area contributed by atoms with Crippen molar-refractivity contribution in [1.29, 1.82) is 0 Å². The molecule has 2 heterocycles. The lowest BCUT2D eigenvalue weighted by atomic mass is 10.3. The van der Waals surface area contributed by atoms with E-state index in [1.807, 2.05) is 0 Å². The summed E-state index contributed by atoms with van der Waals surface area (Å²) in [6.45, 7) is 3.88. The smallest absolute Gasteiger partial charge is 0.225 e. The van der Waals surface area contributed by atoms with Gasteiger partial charge in [-0.1, -0.05) is 5.92 Å². The van der Waals surface area contributed by atoms with Crippen LogP contribution < -0.4 is 10.2 Å². The Bertz CT molecular complexity index is 332. The van der Waals surface area contributed by atoms with Gasteiger partial charge in [0.1, 0.15) is 0 Å². The molecule has 1 aliphatic rings. The fourth-order valence-corrected chi connectivity index (χ4v) is 1.42. The Balaban J connectivity index is 2.12. The molecule has 0 unspecified atom stereocenters. The molecule has 72 valence electrons. The molecule has 1 N–H and O–H groups in total. The average Bonchev–Trinajstić information content (AvgIpc) is 2.30. The zero-order valence-corrected chi connectivity index (χ0v) is 7.90. The third kappa shape index (κ3) is 1.83. The number of aromatic nitrogens is 2. The van der Waals surface area contributed by atoms with Crippen molar-refractivity contribution in [1.82, 2.24) is 15.3 Å². The number of terminal acetylenes is 1. The Hall–Kier alpha value is -1.60. The Morgan fingerprint density at radius 2 is 1.93 bits per heavy atom. The van der Waals surface area contributed by atoms with E-state index in [-0.39, 0.29) is 0 Å². The van der Waals surface area contributed by atoms with E-state index in [2.05, 4.69) is 26.1 Å². The number of piperazine rings is 1. The maximum Gasteiger partial charge on any atom is 0.225 e. The predicted octanol–water partition coefficient (Wildman–Crippen LogP) is -0.133. The normalized spacial score (nSPS) is 16.4. The van der Waals surface area contributed by atoms with Crippen LogP contribution in [0, 0.1) is 12.3 Å². The minimum absolute atomic E-state index is 0.726. The van der Waals surface area contributed by atoms with Crippen LogP contribution in [-0.2, 0) is 0 Å². The van der Waals surface area contributed by atoms with Crippen molar-refractivity contribution >= 4 is 5.95 Å². The second-order valence-corrected chi connectivity index (χ2v) is 3.15. The molecule has 0 aromatic carbocycles. The second kappa shape index (κ2) is 4.07. The quantitative estimate of drug-likeness (QED) is 0.623. The molecular weight excluding hydrogens is 176 g/mol. The summed E-state index contributed by atoms with van der Waals surface area (Å²) >= 11 is 0. The summed E-state index contributed by atoms with van der Waals surface area (Å²) in [5.41, 5.74) is 0.726. The number of hydrogen-bond acceptors (Lipinski definition) is 4. The van der Waals surface area contributed by atoms with E-state index in [1.165, 1.54) is 0 Å². The molecule has 1 aromatic heterocycles. The zero-order valence-electron chi connectivity index (χ0n) is 7.90. The Morgan fingerprint density at radius 1 is 1.29 bits per heavy atom. The molecule has 1 saturated heterocycles. The third-order valence-electron chi connectivity index (χ3n) is 2.20. The molecule has 0 bridgehead atoms. The maximum absolute atomic E-state index is 5.22. The van der Waals surface area contributed by atoms with E-state index in [1.54, 1.807) is 12.4 Å². The van der Waals surface area contributed by atoms with Gasteiger partial charge in [-0.25, -0.2) is 9.97 Å². The van der Waals surface area contributed by atoms with Crippen LogP contribution in [-0.4, -0.2) is 36.1 Å². The summed E-state index contributed by atoms with van der Waals surface area (Å²) in [6, 6.07) is 0.